The Hall–Kier alpha value is -6.98. The van der Waals surface area contributed by atoms with Crippen molar-refractivity contribution in [3.8, 4) is 78.7 Å². The maximum Gasteiger partial charge on any atom is 0.164 e. The van der Waals surface area contributed by atoms with Crippen molar-refractivity contribution in [2.45, 2.75) is 0 Å². The fourth-order valence-electron chi connectivity index (χ4n) is 8.08. The Kier molecular flexibility index (Phi) is 9.99. The van der Waals surface area contributed by atoms with Gasteiger partial charge in [0.15, 0.2) is 17.5 Å². The minimum Gasteiger partial charge on any atom is -0.457 e. The summed E-state index contributed by atoms with van der Waals surface area (Å²) in [4.78, 5) is 15.4. The summed E-state index contributed by atoms with van der Waals surface area (Å²) in [6.07, 6.45) is 0. The van der Waals surface area contributed by atoms with Gasteiger partial charge in [-0.3, -0.25) is 0 Å². The zero-order chi connectivity index (χ0) is 42.6. The Labute approximate surface area is 369 Å². The third-order valence-electron chi connectivity index (χ3n) is 11.3. The van der Waals surface area contributed by atoms with Gasteiger partial charge in [-0.05, 0) is 74.2 Å². The summed E-state index contributed by atoms with van der Waals surface area (Å²) in [6.45, 7) is 0. The highest BCUT2D eigenvalue weighted by molar-refractivity contribution is 6.69. The molecule has 8 aromatic carbocycles. The van der Waals surface area contributed by atoms with Crippen LogP contribution in [-0.2, 0) is 0 Å². The number of benzene rings is 8. The molecule has 0 aliphatic heterocycles. The van der Waals surface area contributed by atoms with Crippen LogP contribution >= 0.6 is 0 Å². The Morgan fingerprint density at radius 1 is 0.274 bits per heavy atom. The first-order chi connectivity index (χ1) is 30.1. The van der Waals surface area contributed by atoms with Crippen LogP contribution in [0.4, 0.5) is 0 Å². The predicted octanol–water partition coefficient (Wildman–Crippen LogP) is 5.00. The van der Waals surface area contributed by atoms with Crippen LogP contribution in [0.1, 0.15) is 0 Å². The standard InChI is InChI=1S/C51H26B7N3O/c52-40-37(43(55)47-38(41(40)53)39-42(54)44(56)45(57)46(58)48(39)62-47)35-24-34(29-15-8-3-9-16-29)25-36(26-35)51-60-49(31-21-19-30(20-22-31)27-11-4-1-5-12-27)59-50(61-51)33-18-10-17-32(23-33)28-13-6-2-7-14-28/h1-26H. The van der Waals surface area contributed by atoms with Crippen LogP contribution in [0.5, 0.6) is 0 Å². The molecule has 4 nitrogen and oxygen atoms in total. The van der Waals surface area contributed by atoms with E-state index in [1.807, 2.05) is 109 Å². The molecule has 0 unspecified atom stereocenters. The first kappa shape index (κ1) is 39.2. The molecular weight excluding hydrogens is 746 g/mol. The van der Waals surface area contributed by atoms with Crippen molar-refractivity contribution in [3.63, 3.8) is 0 Å². The third kappa shape index (κ3) is 6.82. The van der Waals surface area contributed by atoms with E-state index in [0.717, 1.165) is 44.5 Å². The molecule has 0 aliphatic carbocycles. The van der Waals surface area contributed by atoms with Gasteiger partial charge in [-0.1, -0.05) is 155 Å². The largest absolute Gasteiger partial charge is 0.457 e. The SMILES string of the molecule is [B]c1c([B])c([B])c2c(oc3c([B])c(-c4cc(-c5ccccc5)cc(-c5nc(-c6ccc(-c7ccccc7)cc6)nc(-c6cccc(-c7ccccc7)c6)n5)c4)c([B])c([B])c32)c1[B]. The van der Waals surface area contributed by atoms with E-state index < -0.39 is 0 Å². The molecular formula is C51H26B7N3O. The second kappa shape index (κ2) is 15.8. The van der Waals surface area contributed by atoms with Crippen molar-refractivity contribution in [1.29, 1.82) is 0 Å². The second-order valence-corrected chi connectivity index (χ2v) is 15.1. The average molecular weight is 772 g/mol. The van der Waals surface area contributed by atoms with Crippen LogP contribution < -0.4 is 38.2 Å². The van der Waals surface area contributed by atoms with Crippen LogP contribution in [0.3, 0.4) is 0 Å². The molecule has 2 aromatic heterocycles. The monoisotopic (exact) mass is 773 g/mol. The van der Waals surface area contributed by atoms with E-state index in [4.69, 9.17) is 74.3 Å². The van der Waals surface area contributed by atoms with Gasteiger partial charge in [0, 0.05) is 27.5 Å². The lowest BCUT2D eigenvalue weighted by Gasteiger charge is -2.19. The Bertz CT molecular complexity index is 3360. The molecule has 2 heterocycles. The van der Waals surface area contributed by atoms with Gasteiger partial charge in [0.25, 0.3) is 0 Å². The van der Waals surface area contributed by atoms with Gasteiger partial charge in [-0.15, -0.1) is 10.9 Å². The quantitative estimate of drug-likeness (QED) is 0.215. The average Bonchev–Trinajstić information content (AvgIpc) is 3.74. The van der Waals surface area contributed by atoms with Crippen LogP contribution in [-0.4, -0.2) is 69.9 Å². The van der Waals surface area contributed by atoms with E-state index in [9.17, 15) is 0 Å². The van der Waals surface area contributed by atoms with Crippen LogP contribution in [0.2, 0.25) is 0 Å². The number of nitrogens with zero attached hydrogens (tertiary/aromatic N) is 3. The minimum absolute atomic E-state index is 0.106. The van der Waals surface area contributed by atoms with Gasteiger partial charge in [-0.25, -0.2) is 15.0 Å². The molecule has 0 bridgehead atoms. The zero-order valence-electron chi connectivity index (χ0n) is 33.3. The minimum atomic E-state index is 0.106. The molecule has 0 saturated heterocycles. The molecule has 10 aromatic rings. The molecule has 0 fully saturated rings. The third-order valence-corrected chi connectivity index (χ3v) is 11.3. The zero-order valence-corrected chi connectivity index (χ0v) is 33.3. The van der Waals surface area contributed by atoms with Gasteiger partial charge >= 0.3 is 0 Å². The van der Waals surface area contributed by atoms with E-state index in [0.29, 0.717) is 44.9 Å². The van der Waals surface area contributed by atoms with Gasteiger partial charge in [0.05, 0.1) is 0 Å². The fraction of sp³-hybridized carbons (Fsp3) is 0. The molecule has 10 rings (SSSR count). The Morgan fingerprint density at radius 3 is 1.27 bits per heavy atom. The summed E-state index contributed by atoms with van der Waals surface area (Å²) in [5, 5.41) is 0.792. The van der Waals surface area contributed by atoms with Gasteiger partial charge in [-0.2, -0.15) is 0 Å². The van der Waals surface area contributed by atoms with Gasteiger partial charge in [0.1, 0.15) is 66.1 Å². The molecule has 0 atom stereocenters. The maximum atomic E-state index is 7.04. The van der Waals surface area contributed by atoms with E-state index in [2.05, 4.69) is 48.5 Å². The molecule has 0 aliphatic rings. The summed E-state index contributed by atoms with van der Waals surface area (Å²) >= 11 is 0. The van der Waals surface area contributed by atoms with Crippen LogP contribution in [0.25, 0.3) is 101 Å². The normalized spacial score (nSPS) is 11.4. The summed E-state index contributed by atoms with van der Waals surface area (Å²) in [5.74, 6) is 1.44. The van der Waals surface area contributed by atoms with Gasteiger partial charge in [0.2, 0.25) is 0 Å². The van der Waals surface area contributed by atoms with E-state index >= 15 is 0 Å². The topological polar surface area (TPSA) is 51.8 Å². The molecule has 11 heteroatoms. The lowest BCUT2D eigenvalue weighted by molar-refractivity contribution is 0.675. The first-order valence-corrected chi connectivity index (χ1v) is 19.9. The number of hydrogen-bond donors (Lipinski definition) is 0. The highest BCUT2D eigenvalue weighted by Gasteiger charge is 2.23. The summed E-state index contributed by atoms with van der Waals surface area (Å²) < 4.78 is 6.33. The number of rotatable bonds is 7. The maximum absolute atomic E-state index is 7.04. The summed E-state index contributed by atoms with van der Waals surface area (Å²) in [6, 6.07) is 52.8. The fourth-order valence-corrected chi connectivity index (χ4v) is 8.08. The van der Waals surface area contributed by atoms with Crippen LogP contribution in [0, 0.1) is 0 Å². The lowest BCUT2D eigenvalue weighted by Crippen LogP contribution is -2.47. The molecule has 272 valence electrons. The molecule has 62 heavy (non-hydrogen) atoms. The Balaban J connectivity index is 1.20. The highest BCUT2D eigenvalue weighted by Crippen LogP contribution is 2.35. The lowest BCUT2D eigenvalue weighted by atomic mass is 9.64. The molecule has 0 spiro atoms. The predicted molar refractivity (Wildman–Crippen MR) is 263 cm³/mol. The van der Waals surface area contributed by atoms with Gasteiger partial charge < -0.3 is 4.42 Å². The number of fused-ring (bicyclic) bond motifs is 3. The first-order valence-electron chi connectivity index (χ1n) is 19.9. The van der Waals surface area contributed by atoms with Crippen molar-refractivity contribution in [1.82, 2.24) is 15.0 Å². The molecule has 0 saturated carbocycles. The van der Waals surface area contributed by atoms with Crippen molar-refractivity contribution < 1.29 is 4.42 Å². The highest BCUT2D eigenvalue weighted by atomic mass is 16.3. The van der Waals surface area contributed by atoms with Crippen molar-refractivity contribution in [3.05, 3.63) is 158 Å². The van der Waals surface area contributed by atoms with Crippen molar-refractivity contribution in [2.24, 2.45) is 0 Å². The molecule has 14 radical (unpaired) electrons. The second-order valence-electron chi connectivity index (χ2n) is 15.1. The summed E-state index contributed by atoms with van der Waals surface area (Å²) in [5.41, 5.74) is 11.2. The van der Waals surface area contributed by atoms with E-state index in [-0.39, 0.29) is 49.4 Å². The summed E-state index contributed by atoms with van der Waals surface area (Å²) in [7, 11) is 46.2. The smallest absolute Gasteiger partial charge is 0.164 e. The number of aromatic nitrogens is 3. The van der Waals surface area contributed by atoms with Crippen molar-refractivity contribution >= 4 is 115 Å². The van der Waals surface area contributed by atoms with E-state index in [1.165, 1.54) is 0 Å². The number of hydrogen-bond acceptors (Lipinski definition) is 4. The number of furan rings is 1. The Morgan fingerprint density at radius 2 is 0.661 bits per heavy atom. The van der Waals surface area contributed by atoms with Crippen LogP contribution in [0.15, 0.2) is 162 Å². The molecule has 0 N–H and O–H groups in total. The van der Waals surface area contributed by atoms with Crippen molar-refractivity contribution in [2.75, 3.05) is 0 Å². The van der Waals surface area contributed by atoms with E-state index in [1.54, 1.807) is 0 Å². The molecule has 0 amide bonds.